The van der Waals surface area contributed by atoms with Gasteiger partial charge in [0.2, 0.25) is 0 Å². The van der Waals surface area contributed by atoms with E-state index < -0.39 is 0 Å². The second kappa shape index (κ2) is 11.6. The van der Waals surface area contributed by atoms with E-state index in [4.69, 9.17) is 0 Å². The largest absolute Gasteiger partial charge is 0.207 e. The first-order valence-electron chi connectivity index (χ1n) is 13.6. The van der Waals surface area contributed by atoms with Gasteiger partial charge in [0.25, 0.3) is 0 Å². The molecule has 0 aromatic heterocycles. The summed E-state index contributed by atoms with van der Waals surface area (Å²) in [6.45, 7) is 4.25. The van der Waals surface area contributed by atoms with Crippen LogP contribution in [-0.2, 0) is 6.42 Å². The van der Waals surface area contributed by atoms with Crippen molar-refractivity contribution in [1.29, 1.82) is 0 Å². The number of aryl methyl sites for hydroxylation is 1. The Bertz CT molecular complexity index is 944. The first-order valence-corrected chi connectivity index (χ1v) is 13.6. The van der Waals surface area contributed by atoms with Gasteiger partial charge in [-0.3, -0.25) is 0 Å². The first-order chi connectivity index (χ1) is 16.1. The van der Waals surface area contributed by atoms with Crippen molar-refractivity contribution in [3.63, 3.8) is 0 Å². The lowest BCUT2D eigenvalue weighted by atomic mass is 9.63. The Balaban J connectivity index is 1.42. The van der Waals surface area contributed by atoms with E-state index in [1.165, 1.54) is 63.9 Å². The number of fused-ring (bicyclic) bond motifs is 2. The molecule has 0 saturated heterocycles. The van der Waals surface area contributed by atoms with Crippen molar-refractivity contribution in [2.75, 3.05) is 0 Å². The highest BCUT2D eigenvalue weighted by molar-refractivity contribution is 5.85. The van der Waals surface area contributed by atoms with Crippen LogP contribution in [0.2, 0.25) is 0 Å². The fraction of sp³-hybridized carbons (Fsp3) is 0.613. The van der Waals surface area contributed by atoms with Crippen molar-refractivity contribution in [2.45, 2.75) is 103 Å². The fourth-order valence-corrected chi connectivity index (χ4v) is 6.67. The van der Waals surface area contributed by atoms with Crippen LogP contribution in [0.5, 0.6) is 0 Å². The van der Waals surface area contributed by atoms with Crippen LogP contribution in [0, 0.1) is 29.4 Å². The molecule has 2 aromatic carbocycles. The lowest BCUT2D eigenvalue weighted by molar-refractivity contribution is 0.112. The molecule has 0 bridgehead atoms. The molecule has 0 aliphatic heterocycles. The Morgan fingerprint density at radius 1 is 0.939 bits per heavy atom. The van der Waals surface area contributed by atoms with Gasteiger partial charge in [-0.2, -0.15) is 0 Å². The molecule has 180 valence electrons. The Kier molecular flexibility index (Phi) is 8.61. The molecule has 0 radical (unpaired) electrons. The van der Waals surface area contributed by atoms with Gasteiger partial charge in [0, 0.05) is 5.39 Å². The normalized spacial score (nSPS) is 25.6. The number of hydrogen-bond donors (Lipinski definition) is 0. The highest BCUT2D eigenvalue weighted by Gasteiger charge is 2.36. The quantitative estimate of drug-likeness (QED) is 0.262. The third-order valence-electron chi connectivity index (χ3n) is 8.59. The van der Waals surface area contributed by atoms with Gasteiger partial charge < -0.3 is 0 Å². The minimum Gasteiger partial charge on any atom is -0.207 e. The average molecular weight is 453 g/mol. The van der Waals surface area contributed by atoms with Crippen LogP contribution >= 0.6 is 0 Å². The van der Waals surface area contributed by atoms with Crippen LogP contribution in [-0.4, -0.2) is 0 Å². The molecule has 2 aliphatic carbocycles. The topological polar surface area (TPSA) is 0 Å². The average Bonchev–Trinajstić information content (AvgIpc) is 2.83. The summed E-state index contributed by atoms with van der Waals surface area (Å²) in [4.78, 5) is 0. The van der Waals surface area contributed by atoms with E-state index >= 15 is 8.78 Å². The van der Waals surface area contributed by atoms with Crippen molar-refractivity contribution in [3.05, 3.63) is 59.2 Å². The summed E-state index contributed by atoms with van der Waals surface area (Å²) in [5.74, 6) is 2.34. The summed E-state index contributed by atoms with van der Waals surface area (Å²) >= 11 is 0. The van der Waals surface area contributed by atoms with E-state index in [0.29, 0.717) is 17.4 Å². The van der Waals surface area contributed by atoms with E-state index in [0.717, 1.165) is 48.0 Å². The third-order valence-corrected chi connectivity index (χ3v) is 8.59. The molecule has 4 atom stereocenters. The molecule has 0 nitrogen and oxygen atoms in total. The van der Waals surface area contributed by atoms with E-state index in [-0.39, 0.29) is 17.6 Å². The Labute approximate surface area is 199 Å². The predicted octanol–water partition coefficient (Wildman–Crippen LogP) is 9.90. The molecule has 33 heavy (non-hydrogen) atoms. The minimum absolute atomic E-state index is 0.208. The summed E-state index contributed by atoms with van der Waals surface area (Å²) in [7, 11) is 0. The van der Waals surface area contributed by atoms with Gasteiger partial charge in [-0.25, -0.2) is 8.78 Å². The molecular weight excluding hydrogens is 410 g/mol. The van der Waals surface area contributed by atoms with Crippen LogP contribution in [0.3, 0.4) is 0 Å². The van der Waals surface area contributed by atoms with Gasteiger partial charge in [0.1, 0.15) is 11.6 Å². The van der Waals surface area contributed by atoms with Crippen LogP contribution in [0.25, 0.3) is 10.8 Å². The number of hydrogen-bond acceptors (Lipinski definition) is 0. The molecule has 0 amide bonds. The maximum atomic E-state index is 15.2. The van der Waals surface area contributed by atoms with Crippen molar-refractivity contribution in [1.82, 2.24) is 0 Å². The fourth-order valence-electron chi connectivity index (χ4n) is 6.67. The van der Waals surface area contributed by atoms with Gasteiger partial charge in [-0.15, -0.1) is 0 Å². The molecule has 4 rings (SSSR count). The predicted molar refractivity (Wildman–Crippen MR) is 137 cm³/mol. The van der Waals surface area contributed by atoms with Crippen molar-refractivity contribution in [2.24, 2.45) is 17.8 Å². The summed E-state index contributed by atoms with van der Waals surface area (Å²) < 4.78 is 30.3. The van der Waals surface area contributed by atoms with Gasteiger partial charge in [0.15, 0.2) is 0 Å². The van der Waals surface area contributed by atoms with E-state index in [2.05, 4.69) is 6.92 Å². The molecule has 2 aliphatic rings. The molecule has 0 heterocycles. The van der Waals surface area contributed by atoms with Gasteiger partial charge in [0.05, 0.1) is 0 Å². The number of allylic oxidation sites excluding steroid dienone is 2. The lowest BCUT2D eigenvalue weighted by Gasteiger charge is -2.42. The van der Waals surface area contributed by atoms with Gasteiger partial charge >= 0.3 is 0 Å². The first kappa shape index (κ1) is 24.4. The van der Waals surface area contributed by atoms with Gasteiger partial charge in [-0.05, 0) is 104 Å². The number of benzene rings is 2. The summed E-state index contributed by atoms with van der Waals surface area (Å²) in [5, 5.41) is 1.28. The van der Waals surface area contributed by atoms with Crippen LogP contribution in [0.4, 0.5) is 8.78 Å². The van der Waals surface area contributed by atoms with Crippen molar-refractivity contribution in [3.8, 4) is 0 Å². The third kappa shape index (κ3) is 5.87. The Morgan fingerprint density at radius 3 is 2.58 bits per heavy atom. The van der Waals surface area contributed by atoms with Crippen LogP contribution < -0.4 is 0 Å². The van der Waals surface area contributed by atoms with E-state index in [1.54, 1.807) is 0 Å². The second-order valence-corrected chi connectivity index (χ2v) is 10.8. The monoisotopic (exact) mass is 452 g/mol. The minimum atomic E-state index is -0.247. The summed E-state index contributed by atoms with van der Waals surface area (Å²) in [6.07, 6.45) is 19.9. The highest BCUT2D eigenvalue weighted by atomic mass is 19.1. The molecule has 2 aromatic rings. The maximum absolute atomic E-state index is 15.2. The molecule has 0 spiro atoms. The SMILES string of the molecule is CC=CCCc1ccc2cc(C3CCC4CC(CCCCCC)CCC4C3)c(F)cc2c1F. The standard InChI is InChI=1S/C31H42F2/c1-3-5-7-9-10-22-12-13-25-19-26(17-15-24(25)18-22)28-20-27-16-14-23(11-8-6-4-2)31(33)29(27)21-30(28)32/h4,6,14,16,20-22,24-26H,3,5,7-13,15,17-19H2,1-2H3. The number of rotatable bonds is 9. The maximum Gasteiger partial charge on any atom is 0.134 e. The lowest BCUT2D eigenvalue weighted by Crippen LogP contribution is -2.30. The second-order valence-electron chi connectivity index (χ2n) is 10.8. The molecule has 4 unspecified atom stereocenters. The number of halogens is 2. The molecule has 0 N–H and O–H groups in total. The zero-order valence-corrected chi connectivity index (χ0v) is 20.7. The Hall–Kier alpha value is -1.70. The van der Waals surface area contributed by atoms with E-state index in [1.807, 2.05) is 37.3 Å². The molecule has 2 saturated carbocycles. The molecular formula is C31H42F2. The van der Waals surface area contributed by atoms with E-state index in [9.17, 15) is 0 Å². The Morgan fingerprint density at radius 2 is 1.76 bits per heavy atom. The number of unbranched alkanes of at least 4 members (excludes halogenated alkanes) is 3. The van der Waals surface area contributed by atoms with Crippen molar-refractivity contribution >= 4 is 10.8 Å². The van der Waals surface area contributed by atoms with Crippen molar-refractivity contribution < 1.29 is 8.78 Å². The zero-order chi connectivity index (χ0) is 23.2. The van der Waals surface area contributed by atoms with Gasteiger partial charge in [-0.1, -0.05) is 69.7 Å². The molecule has 2 heteroatoms. The highest BCUT2D eigenvalue weighted by Crippen LogP contribution is 2.49. The van der Waals surface area contributed by atoms with Crippen LogP contribution in [0.1, 0.15) is 108 Å². The summed E-state index contributed by atoms with van der Waals surface area (Å²) in [6, 6.07) is 7.30. The van der Waals surface area contributed by atoms with Crippen LogP contribution in [0.15, 0.2) is 36.4 Å². The summed E-state index contributed by atoms with van der Waals surface area (Å²) in [5.41, 5.74) is 1.50. The smallest absolute Gasteiger partial charge is 0.134 e. The zero-order valence-electron chi connectivity index (χ0n) is 20.7. The molecule has 2 fully saturated rings.